The zero-order valence-electron chi connectivity index (χ0n) is 27.6. The quantitative estimate of drug-likeness (QED) is 0.449. The van der Waals surface area contributed by atoms with Crippen LogP contribution in [0.1, 0.15) is 46.5 Å². The van der Waals surface area contributed by atoms with Crippen molar-refractivity contribution >= 4 is 29.3 Å². The van der Waals surface area contributed by atoms with Crippen LogP contribution in [0.25, 0.3) is 0 Å². The Morgan fingerprint density at radius 2 is 1.83 bits per heavy atom. The van der Waals surface area contributed by atoms with Crippen LogP contribution in [-0.2, 0) is 20.9 Å². The molecule has 252 valence electrons. The number of benzene rings is 3. The molecule has 3 aliphatic heterocycles. The van der Waals surface area contributed by atoms with Crippen LogP contribution in [0.4, 0.5) is 5.69 Å². The van der Waals surface area contributed by atoms with Gasteiger partial charge >= 0.3 is 0 Å². The summed E-state index contributed by atoms with van der Waals surface area (Å²) in [6, 6.07) is 17.1. The minimum absolute atomic E-state index is 0.0465. The predicted molar refractivity (Wildman–Crippen MR) is 177 cm³/mol. The van der Waals surface area contributed by atoms with Crippen LogP contribution in [0.3, 0.4) is 0 Å². The van der Waals surface area contributed by atoms with E-state index in [2.05, 4.69) is 5.32 Å². The number of carbonyl (C=O) groups excluding carboxylic acids is 4. The number of ether oxygens (including phenoxy) is 4. The van der Waals surface area contributed by atoms with Crippen molar-refractivity contribution in [2.45, 2.75) is 39.0 Å². The molecular formula is C36H40N4O8. The maximum Gasteiger partial charge on any atom is 0.264 e. The van der Waals surface area contributed by atoms with Crippen molar-refractivity contribution in [1.82, 2.24) is 15.1 Å². The van der Waals surface area contributed by atoms with Gasteiger partial charge in [-0.1, -0.05) is 26.0 Å². The molecule has 1 N–H and O–H groups in total. The molecule has 6 rings (SSSR count). The highest BCUT2D eigenvalue weighted by atomic mass is 16.5. The first-order chi connectivity index (χ1) is 23.0. The van der Waals surface area contributed by atoms with E-state index in [1.54, 1.807) is 55.4 Å². The summed E-state index contributed by atoms with van der Waals surface area (Å²) < 4.78 is 24.1. The highest BCUT2D eigenvalue weighted by Crippen LogP contribution is 2.33. The number of nitrogens with one attached hydrogen (secondary N) is 1. The largest absolute Gasteiger partial charge is 0.493 e. The first-order valence-electron chi connectivity index (χ1n) is 16.1. The zero-order chi connectivity index (χ0) is 33.9. The Bertz CT molecular complexity index is 1730. The average molecular weight is 657 g/mol. The van der Waals surface area contributed by atoms with E-state index in [1.165, 1.54) is 9.80 Å². The molecule has 48 heavy (non-hydrogen) atoms. The molecule has 4 amide bonds. The summed E-state index contributed by atoms with van der Waals surface area (Å²) in [5, 5.41) is 3.05. The van der Waals surface area contributed by atoms with E-state index in [-0.39, 0.29) is 55.8 Å². The van der Waals surface area contributed by atoms with Crippen molar-refractivity contribution in [2.75, 3.05) is 51.8 Å². The molecule has 0 saturated carbocycles. The van der Waals surface area contributed by atoms with Crippen molar-refractivity contribution < 1.29 is 38.1 Å². The third kappa shape index (κ3) is 7.38. The lowest BCUT2D eigenvalue weighted by Gasteiger charge is -2.39. The number of nitrogens with zero attached hydrogens (tertiary/aromatic N) is 3. The summed E-state index contributed by atoms with van der Waals surface area (Å²) >= 11 is 0. The smallest absolute Gasteiger partial charge is 0.264 e. The normalized spacial score (nSPS) is 19.9. The number of amides is 4. The van der Waals surface area contributed by atoms with Crippen molar-refractivity contribution in [3.05, 3.63) is 77.4 Å². The fourth-order valence-electron chi connectivity index (χ4n) is 5.92. The third-order valence-electron chi connectivity index (χ3n) is 8.52. The number of fused-ring (bicyclic) bond motifs is 6. The number of hydrogen-bond donors (Lipinski definition) is 1. The molecule has 12 nitrogen and oxygen atoms in total. The average Bonchev–Trinajstić information content (AvgIpc) is 3.07. The standard InChI is InChI=1S/C36H40N4O8/c1-22(2)19-45-27-13-25-14-28(16-27)48-26-7-5-6-23(12-26)20-46-32-17-40(11-10-29(32)37-33(41)18-38(3)35(25)43)36(44)24-8-9-31-30(15-24)39(4)34(42)21-47-31/h5-9,12-16,22,29,32H,10-11,17-21H2,1-4H3,(H,37,41)/t29-,32-/m0/s1. The van der Waals surface area contributed by atoms with Crippen molar-refractivity contribution in [3.8, 4) is 23.0 Å². The number of anilines is 1. The molecule has 0 radical (unpaired) electrons. The maximum absolute atomic E-state index is 13.7. The second-order valence-electron chi connectivity index (χ2n) is 12.8. The Balaban J connectivity index is 1.24. The lowest BCUT2D eigenvalue weighted by molar-refractivity contribution is -0.124. The van der Waals surface area contributed by atoms with Gasteiger partial charge in [0, 0.05) is 44.4 Å². The molecule has 1 saturated heterocycles. The number of likely N-dealkylation sites (tertiary alicyclic amines) is 1. The molecule has 3 heterocycles. The van der Waals surface area contributed by atoms with E-state index in [1.807, 2.05) is 38.1 Å². The van der Waals surface area contributed by atoms with E-state index in [0.29, 0.717) is 59.4 Å². The fraction of sp³-hybridized carbons (Fsp3) is 0.389. The highest BCUT2D eigenvalue weighted by Gasteiger charge is 2.35. The summed E-state index contributed by atoms with van der Waals surface area (Å²) in [7, 11) is 3.22. The van der Waals surface area contributed by atoms with Gasteiger partial charge in [-0.3, -0.25) is 19.2 Å². The van der Waals surface area contributed by atoms with Crippen LogP contribution in [-0.4, -0.2) is 92.5 Å². The molecule has 4 bridgehead atoms. The second-order valence-corrected chi connectivity index (χ2v) is 12.8. The Labute approximate surface area is 279 Å². The second kappa shape index (κ2) is 13.9. The van der Waals surface area contributed by atoms with Crippen molar-refractivity contribution in [3.63, 3.8) is 0 Å². The Morgan fingerprint density at radius 1 is 1.00 bits per heavy atom. The highest BCUT2D eigenvalue weighted by molar-refractivity contribution is 6.01. The van der Waals surface area contributed by atoms with Crippen LogP contribution in [0.15, 0.2) is 60.7 Å². The van der Waals surface area contributed by atoms with E-state index in [4.69, 9.17) is 18.9 Å². The molecule has 0 aromatic heterocycles. The van der Waals surface area contributed by atoms with Crippen LogP contribution in [0, 0.1) is 5.92 Å². The summed E-state index contributed by atoms with van der Waals surface area (Å²) in [6.07, 6.45) is -0.0997. The van der Waals surface area contributed by atoms with Gasteiger partial charge in [0.15, 0.2) is 6.61 Å². The zero-order valence-corrected chi connectivity index (χ0v) is 27.6. The summed E-state index contributed by atoms with van der Waals surface area (Å²) in [5.41, 5.74) is 2.12. The Kier molecular flexibility index (Phi) is 9.54. The molecule has 0 unspecified atom stereocenters. The Morgan fingerprint density at radius 3 is 2.65 bits per heavy atom. The molecule has 3 aromatic rings. The maximum atomic E-state index is 13.7. The number of rotatable bonds is 4. The molecule has 2 atom stereocenters. The van der Waals surface area contributed by atoms with Gasteiger partial charge in [0.2, 0.25) is 5.91 Å². The van der Waals surface area contributed by atoms with Crippen LogP contribution >= 0.6 is 0 Å². The molecule has 0 spiro atoms. The monoisotopic (exact) mass is 656 g/mol. The third-order valence-corrected chi connectivity index (χ3v) is 8.52. The topological polar surface area (TPSA) is 127 Å². The van der Waals surface area contributed by atoms with Gasteiger partial charge in [-0.2, -0.15) is 0 Å². The van der Waals surface area contributed by atoms with Gasteiger partial charge in [0.05, 0.1) is 37.6 Å². The number of hydrogen-bond acceptors (Lipinski definition) is 8. The van der Waals surface area contributed by atoms with Crippen LogP contribution < -0.4 is 24.4 Å². The van der Waals surface area contributed by atoms with Crippen molar-refractivity contribution in [1.29, 1.82) is 0 Å². The van der Waals surface area contributed by atoms with Gasteiger partial charge in [0.1, 0.15) is 23.0 Å². The van der Waals surface area contributed by atoms with Gasteiger partial charge in [0.25, 0.3) is 17.7 Å². The van der Waals surface area contributed by atoms with Gasteiger partial charge in [-0.15, -0.1) is 0 Å². The number of piperidine rings is 1. The van der Waals surface area contributed by atoms with Crippen LogP contribution in [0.2, 0.25) is 0 Å². The molecule has 3 aromatic carbocycles. The lowest BCUT2D eigenvalue weighted by atomic mass is 10.00. The van der Waals surface area contributed by atoms with E-state index in [9.17, 15) is 19.2 Å². The molecule has 1 fully saturated rings. The van der Waals surface area contributed by atoms with Crippen molar-refractivity contribution in [2.24, 2.45) is 5.92 Å². The predicted octanol–water partition coefficient (Wildman–Crippen LogP) is 3.87. The first kappa shape index (κ1) is 32.8. The molecule has 0 aliphatic carbocycles. The summed E-state index contributed by atoms with van der Waals surface area (Å²) in [6.45, 7) is 5.12. The minimum atomic E-state index is -0.538. The molecule has 12 heteroatoms. The van der Waals surface area contributed by atoms with Crippen LogP contribution in [0.5, 0.6) is 23.0 Å². The number of carbonyl (C=O) groups is 4. The number of likely N-dealkylation sites (N-methyl/N-ethyl adjacent to an activating group) is 2. The van der Waals surface area contributed by atoms with E-state index in [0.717, 1.165) is 5.56 Å². The van der Waals surface area contributed by atoms with Gasteiger partial charge < -0.3 is 39.0 Å². The van der Waals surface area contributed by atoms with E-state index >= 15 is 0 Å². The molecule has 3 aliphatic rings. The first-order valence-corrected chi connectivity index (χ1v) is 16.1. The van der Waals surface area contributed by atoms with Gasteiger partial charge in [-0.05, 0) is 60.4 Å². The SMILES string of the molecule is CC(C)COc1cc2cc(c1)C(=O)N(C)CC(=O)N[C@H]1CCN(C(=O)c3ccc4c(c3)N(C)C(=O)CO4)C[C@@H]1OCc1cccc(c1)O2. The Hall–Kier alpha value is -5.10. The van der Waals surface area contributed by atoms with Gasteiger partial charge in [-0.25, -0.2) is 0 Å². The van der Waals surface area contributed by atoms with E-state index < -0.39 is 12.1 Å². The lowest BCUT2D eigenvalue weighted by Crippen LogP contribution is -2.57. The fourth-order valence-corrected chi connectivity index (χ4v) is 5.92. The summed E-state index contributed by atoms with van der Waals surface area (Å²) in [4.78, 5) is 57.2. The minimum Gasteiger partial charge on any atom is -0.493 e. The summed E-state index contributed by atoms with van der Waals surface area (Å²) in [5.74, 6) is 1.18. The molecular weight excluding hydrogens is 616 g/mol.